The van der Waals surface area contributed by atoms with Crippen molar-refractivity contribution in [1.29, 1.82) is 0 Å². The number of halogens is 4. The highest BCUT2D eigenvalue weighted by atomic mass is 35.5. The molecule has 4 aromatic carbocycles. The average molecular weight is 602 g/mol. The summed E-state index contributed by atoms with van der Waals surface area (Å²) >= 11 is 5.94. The molecule has 1 unspecified atom stereocenters. The molecule has 1 N–H and O–H groups in total. The van der Waals surface area contributed by atoms with Crippen LogP contribution < -0.4 is 14.7 Å². The normalized spacial score (nSPS) is 12.2. The molecule has 1 atom stereocenters. The number of carbonyl (C=O) groups excluding carboxylic acids is 1. The number of carboxylic acid groups (broad SMARTS) is 1. The van der Waals surface area contributed by atoms with Gasteiger partial charge < -0.3 is 15.2 Å². The van der Waals surface area contributed by atoms with Crippen molar-refractivity contribution in [3.05, 3.63) is 123 Å². The Labute approximate surface area is 241 Å². The third-order valence-corrected chi connectivity index (χ3v) is 9.01. The van der Waals surface area contributed by atoms with Crippen LogP contribution >= 0.6 is 11.6 Å². The Morgan fingerprint density at radius 3 is 2.24 bits per heavy atom. The van der Waals surface area contributed by atoms with E-state index in [1.165, 1.54) is 49.4 Å². The Hall–Kier alpha value is -4.02. The topological polar surface area (TPSA) is 89.5 Å². The number of sulfonamides is 1. The lowest BCUT2D eigenvalue weighted by Gasteiger charge is -2.34. The zero-order valence-electron chi connectivity index (χ0n) is 22.2. The van der Waals surface area contributed by atoms with E-state index in [1.807, 2.05) is 0 Å². The van der Waals surface area contributed by atoms with E-state index >= 15 is 4.39 Å². The van der Waals surface area contributed by atoms with Crippen molar-refractivity contribution in [2.75, 3.05) is 9.62 Å². The monoisotopic (exact) mass is 601 g/mol. The molecule has 0 aromatic heterocycles. The highest BCUT2D eigenvalue weighted by molar-refractivity contribution is 7.92. The number of hydrogen-bond donors (Lipinski definition) is 1. The van der Waals surface area contributed by atoms with E-state index in [0.29, 0.717) is 26.6 Å². The molecular formula is C30H25ClF3N2O4S-. The maximum Gasteiger partial charge on any atom is 0.264 e. The molecule has 1 amide bonds. The SMILES string of the molecule is Cc1c(Cc2cccc(F)c2)cc(NC(=O)[O-])c(C(C)N(c2cc(F)ccc2F)S(=O)(=O)c2ccc(Cl)cc2)c1C. The van der Waals surface area contributed by atoms with Gasteiger partial charge in [0.1, 0.15) is 23.5 Å². The van der Waals surface area contributed by atoms with Gasteiger partial charge in [0.2, 0.25) is 0 Å². The van der Waals surface area contributed by atoms with E-state index in [1.54, 1.807) is 26.0 Å². The van der Waals surface area contributed by atoms with Gasteiger partial charge in [-0.3, -0.25) is 4.31 Å². The average Bonchev–Trinajstić information content (AvgIpc) is 2.89. The van der Waals surface area contributed by atoms with Gasteiger partial charge in [-0.05, 0) is 104 Å². The molecule has 0 radical (unpaired) electrons. The van der Waals surface area contributed by atoms with E-state index in [4.69, 9.17) is 11.6 Å². The van der Waals surface area contributed by atoms with Gasteiger partial charge in [0.25, 0.3) is 10.0 Å². The summed E-state index contributed by atoms with van der Waals surface area (Å²) in [5.74, 6) is -2.32. The standard InChI is InChI=1S/C30H26ClF3N2O4S/c1-17-18(2)29(27(35-30(37)38)15-21(17)13-20-5-4-6-23(32)14-20)19(3)36(28-16-24(33)9-12-26(28)34)41(39,40)25-10-7-22(31)8-11-25/h4-12,14-16,19,35H,13H2,1-3H3,(H,37,38)/p-1. The number of amides is 1. The first-order valence-electron chi connectivity index (χ1n) is 12.4. The molecule has 0 fully saturated rings. The molecule has 214 valence electrons. The van der Waals surface area contributed by atoms with Crippen LogP contribution in [0.3, 0.4) is 0 Å². The first kappa shape index (κ1) is 30.0. The van der Waals surface area contributed by atoms with Crippen molar-refractivity contribution in [2.24, 2.45) is 0 Å². The van der Waals surface area contributed by atoms with Crippen molar-refractivity contribution >= 4 is 39.1 Å². The predicted octanol–water partition coefficient (Wildman–Crippen LogP) is 6.68. The number of carbonyl (C=O) groups is 1. The molecule has 0 aliphatic rings. The molecule has 0 saturated heterocycles. The molecule has 0 aliphatic carbocycles. The Balaban J connectivity index is 1.95. The van der Waals surface area contributed by atoms with Crippen molar-refractivity contribution < 1.29 is 31.5 Å². The second-order valence-corrected chi connectivity index (χ2v) is 11.7. The first-order chi connectivity index (χ1) is 19.3. The number of rotatable bonds is 8. The maximum atomic E-state index is 15.2. The molecule has 0 heterocycles. The van der Waals surface area contributed by atoms with E-state index in [2.05, 4.69) is 5.32 Å². The molecular weight excluding hydrogens is 577 g/mol. The third kappa shape index (κ3) is 6.34. The summed E-state index contributed by atoms with van der Waals surface area (Å²) < 4.78 is 72.1. The van der Waals surface area contributed by atoms with Crippen molar-refractivity contribution in [2.45, 2.75) is 38.1 Å². The van der Waals surface area contributed by atoms with Gasteiger partial charge in [-0.15, -0.1) is 0 Å². The number of benzene rings is 4. The Kier molecular flexibility index (Phi) is 8.65. The molecule has 0 bridgehead atoms. The Morgan fingerprint density at radius 1 is 0.951 bits per heavy atom. The smallest absolute Gasteiger partial charge is 0.264 e. The highest BCUT2D eigenvalue weighted by Gasteiger charge is 2.35. The summed E-state index contributed by atoms with van der Waals surface area (Å²) in [6.45, 7) is 4.85. The van der Waals surface area contributed by atoms with Crippen LogP contribution in [0, 0.1) is 31.3 Å². The molecule has 4 aromatic rings. The minimum Gasteiger partial charge on any atom is -0.530 e. The van der Waals surface area contributed by atoms with Gasteiger partial charge in [0.05, 0.1) is 16.6 Å². The van der Waals surface area contributed by atoms with Crippen LogP contribution in [0.15, 0.2) is 77.7 Å². The molecule has 41 heavy (non-hydrogen) atoms. The van der Waals surface area contributed by atoms with Gasteiger partial charge in [0.15, 0.2) is 0 Å². The lowest BCUT2D eigenvalue weighted by Crippen LogP contribution is -2.36. The quantitative estimate of drug-likeness (QED) is 0.244. The summed E-state index contributed by atoms with van der Waals surface area (Å²) in [6.07, 6.45) is -1.42. The van der Waals surface area contributed by atoms with Gasteiger partial charge in [-0.25, -0.2) is 21.6 Å². The fourth-order valence-corrected chi connectivity index (χ4v) is 6.60. The van der Waals surface area contributed by atoms with Crippen molar-refractivity contribution in [3.8, 4) is 0 Å². The van der Waals surface area contributed by atoms with E-state index in [9.17, 15) is 27.1 Å². The summed E-state index contributed by atoms with van der Waals surface area (Å²) in [4.78, 5) is 11.5. The third-order valence-electron chi connectivity index (χ3n) is 6.86. The van der Waals surface area contributed by atoms with Crippen molar-refractivity contribution in [1.82, 2.24) is 0 Å². The molecule has 11 heteroatoms. The van der Waals surface area contributed by atoms with Crippen LogP contribution in [0.25, 0.3) is 0 Å². The summed E-state index contributed by atoms with van der Waals surface area (Å²) in [5, 5.41) is 14.2. The molecule has 0 spiro atoms. The predicted molar refractivity (Wildman–Crippen MR) is 150 cm³/mol. The van der Waals surface area contributed by atoms with Gasteiger partial charge >= 0.3 is 0 Å². The van der Waals surface area contributed by atoms with Gasteiger partial charge in [-0.2, -0.15) is 0 Å². The molecule has 4 rings (SSSR count). The molecule has 0 aliphatic heterocycles. The largest absolute Gasteiger partial charge is 0.530 e. The summed E-state index contributed by atoms with van der Waals surface area (Å²) in [7, 11) is -4.56. The second kappa shape index (κ2) is 11.8. The Morgan fingerprint density at radius 2 is 1.61 bits per heavy atom. The first-order valence-corrected chi connectivity index (χ1v) is 14.2. The number of anilines is 2. The maximum absolute atomic E-state index is 15.2. The minimum atomic E-state index is -4.56. The zero-order valence-corrected chi connectivity index (χ0v) is 23.8. The van der Waals surface area contributed by atoms with Crippen LogP contribution in [0.2, 0.25) is 5.02 Å². The fourth-order valence-electron chi connectivity index (χ4n) is 4.85. The summed E-state index contributed by atoms with van der Waals surface area (Å²) in [5.41, 5.74) is 2.02. The van der Waals surface area contributed by atoms with Crippen LogP contribution in [0.1, 0.15) is 40.8 Å². The minimum absolute atomic E-state index is 0.0138. The number of hydrogen-bond acceptors (Lipinski definition) is 4. The highest BCUT2D eigenvalue weighted by Crippen LogP contribution is 2.41. The molecule has 6 nitrogen and oxygen atoms in total. The van der Waals surface area contributed by atoms with E-state index < -0.39 is 45.3 Å². The van der Waals surface area contributed by atoms with E-state index in [0.717, 1.165) is 18.2 Å². The number of nitrogens with one attached hydrogen (secondary N) is 1. The number of nitrogens with zero attached hydrogens (tertiary/aromatic N) is 1. The van der Waals surface area contributed by atoms with Gasteiger partial charge in [0, 0.05) is 22.3 Å². The Bertz CT molecular complexity index is 1730. The van der Waals surface area contributed by atoms with Crippen LogP contribution in [-0.4, -0.2) is 14.5 Å². The zero-order chi connectivity index (χ0) is 30.1. The lowest BCUT2D eigenvalue weighted by atomic mass is 9.89. The van der Waals surface area contributed by atoms with Crippen LogP contribution in [0.5, 0.6) is 0 Å². The van der Waals surface area contributed by atoms with E-state index in [-0.39, 0.29) is 27.6 Å². The fraction of sp³-hybridized carbons (Fsp3) is 0.167. The van der Waals surface area contributed by atoms with Gasteiger partial charge in [-0.1, -0.05) is 23.7 Å². The lowest BCUT2D eigenvalue weighted by molar-refractivity contribution is -0.242. The molecule has 0 saturated carbocycles. The second-order valence-electron chi connectivity index (χ2n) is 9.49. The van der Waals surface area contributed by atoms with Crippen LogP contribution in [0.4, 0.5) is 29.3 Å². The van der Waals surface area contributed by atoms with Crippen molar-refractivity contribution in [3.63, 3.8) is 0 Å². The van der Waals surface area contributed by atoms with Crippen LogP contribution in [-0.2, 0) is 16.4 Å². The summed E-state index contributed by atoms with van der Waals surface area (Å²) in [6, 6.07) is 13.7.